The van der Waals surface area contributed by atoms with Crippen molar-refractivity contribution in [1.29, 1.82) is 5.26 Å². The van der Waals surface area contributed by atoms with Crippen molar-refractivity contribution in [3.8, 4) is 6.07 Å². The minimum atomic E-state index is -0.668. The number of nitrogens with one attached hydrogen (secondary N) is 1. The number of carbonyl (C=O) groups excluding carboxylic acids is 1. The number of aryl methyl sites for hydroxylation is 2. The molecule has 0 saturated heterocycles. The second-order valence-corrected chi connectivity index (χ2v) is 6.14. The summed E-state index contributed by atoms with van der Waals surface area (Å²) >= 11 is 1.26. The van der Waals surface area contributed by atoms with Gasteiger partial charge in [-0.25, -0.2) is 4.98 Å². The zero-order chi connectivity index (χ0) is 14.6. The van der Waals surface area contributed by atoms with Crippen molar-refractivity contribution >= 4 is 17.7 Å². The predicted molar refractivity (Wildman–Crippen MR) is 76.3 cm³/mol. The van der Waals surface area contributed by atoms with Gasteiger partial charge in [-0.15, -0.1) is 0 Å². The molecule has 0 spiro atoms. The fourth-order valence-corrected chi connectivity index (χ4v) is 3.07. The van der Waals surface area contributed by atoms with Crippen LogP contribution in [0.4, 0.5) is 0 Å². The SMILES string of the molecule is Cc1nc(SCC(=O)NC2(C#N)CCCCC2)oc1C. The van der Waals surface area contributed by atoms with Crippen molar-refractivity contribution in [2.24, 2.45) is 0 Å². The van der Waals surface area contributed by atoms with Crippen LogP contribution in [0.1, 0.15) is 43.6 Å². The molecule has 1 saturated carbocycles. The van der Waals surface area contributed by atoms with Gasteiger partial charge in [0.05, 0.1) is 17.5 Å². The molecule has 2 rings (SSSR count). The van der Waals surface area contributed by atoms with Gasteiger partial charge in [-0.2, -0.15) is 5.26 Å². The van der Waals surface area contributed by atoms with Crippen LogP contribution in [0.5, 0.6) is 0 Å². The van der Waals surface area contributed by atoms with E-state index in [0.717, 1.165) is 43.6 Å². The van der Waals surface area contributed by atoms with Crippen LogP contribution in [0.3, 0.4) is 0 Å². The Bertz CT molecular complexity index is 508. The maximum absolute atomic E-state index is 12.0. The topological polar surface area (TPSA) is 78.9 Å². The number of rotatable bonds is 4. The van der Waals surface area contributed by atoms with Crippen LogP contribution in [0.2, 0.25) is 0 Å². The van der Waals surface area contributed by atoms with Gasteiger partial charge >= 0.3 is 0 Å². The Labute approximate surface area is 123 Å². The molecule has 1 aliphatic rings. The highest BCUT2D eigenvalue weighted by Crippen LogP contribution is 2.28. The number of oxazole rings is 1. The first-order valence-electron chi connectivity index (χ1n) is 6.84. The zero-order valence-electron chi connectivity index (χ0n) is 11.9. The third-order valence-corrected chi connectivity index (χ3v) is 4.46. The van der Waals surface area contributed by atoms with E-state index in [0.29, 0.717) is 5.22 Å². The first kappa shape index (κ1) is 14.9. The van der Waals surface area contributed by atoms with Crippen LogP contribution in [0.15, 0.2) is 9.64 Å². The normalized spacial score (nSPS) is 17.4. The molecule has 0 radical (unpaired) electrons. The number of hydrogen-bond donors (Lipinski definition) is 1. The first-order valence-corrected chi connectivity index (χ1v) is 7.82. The summed E-state index contributed by atoms with van der Waals surface area (Å²) in [5.74, 6) is 0.865. The van der Waals surface area contributed by atoms with Crippen LogP contribution in [0, 0.1) is 25.2 Å². The smallest absolute Gasteiger partial charge is 0.256 e. The Balaban J connectivity index is 1.87. The third kappa shape index (κ3) is 3.54. The van der Waals surface area contributed by atoms with E-state index < -0.39 is 5.54 Å². The van der Waals surface area contributed by atoms with E-state index >= 15 is 0 Å². The maximum Gasteiger partial charge on any atom is 0.256 e. The average Bonchev–Trinajstić information content (AvgIpc) is 2.77. The van der Waals surface area contributed by atoms with E-state index in [1.165, 1.54) is 11.8 Å². The van der Waals surface area contributed by atoms with Gasteiger partial charge < -0.3 is 9.73 Å². The zero-order valence-corrected chi connectivity index (χ0v) is 12.7. The lowest BCUT2D eigenvalue weighted by atomic mass is 9.83. The summed E-state index contributed by atoms with van der Waals surface area (Å²) in [6.45, 7) is 3.72. The summed E-state index contributed by atoms with van der Waals surface area (Å²) in [5.41, 5.74) is 0.173. The van der Waals surface area contributed by atoms with Crippen LogP contribution in [-0.4, -0.2) is 22.2 Å². The van der Waals surface area contributed by atoms with Gasteiger partial charge in [-0.3, -0.25) is 4.79 Å². The number of thioether (sulfide) groups is 1. The quantitative estimate of drug-likeness (QED) is 0.863. The van der Waals surface area contributed by atoms with Crippen LogP contribution >= 0.6 is 11.8 Å². The molecular formula is C14H19N3O2S. The molecule has 20 heavy (non-hydrogen) atoms. The van der Waals surface area contributed by atoms with Gasteiger partial charge in [0.15, 0.2) is 0 Å². The molecular weight excluding hydrogens is 274 g/mol. The molecule has 1 fully saturated rings. The Morgan fingerprint density at radius 1 is 1.45 bits per heavy atom. The van der Waals surface area contributed by atoms with Crippen molar-refractivity contribution < 1.29 is 9.21 Å². The highest BCUT2D eigenvalue weighted by Gasteiger charge is 2.33. The van der Waals surface area contributed by atoms with Gasteiger partial charge in [-0.05, 0) is 26.7 Å². The Kier molecular flexibility index (Phi) is 4.71. The van der Waals surface area contributed by atoms with E-state index in [1.54, 1.807) is 0 Å². The molecule has 1 aliphatic carbocycles. The van der Waals surface area contributed by atoms with Crippen molar-refractivity contribution in [2.45, 2.75) is 56.7 Å². The van der Waals surface area contributed by atoms with Gasteiger partial charge in [0.1, 0.15) is 11.3 Å². The number of nitriles is 1. The second-order valence-electron chi connectivity index (χ2n) is 5.21. The van der Waals surface area contributed by atoms with Crippen molar-refractivity contribution in [1.82, 2.24) is 10.3 Å². The van der Waals surface area contributed by atoms with Gasteiger partial charge in [0.25, 0.3) is 5.22 Å². The summed E-state index contributed by atoms with van der Waals surface area (Å²) in [7, 11) is 0. The molecule has 0 aromatic carbocycles. The summed E-state index contributed by atoms with van der Waals surface area (Å²) in [4.78, 5) is 16.2. The Hall–Kier alpha value is -1.48. The molecule has 0 bridgehead atoms. The summed E-state index contributed by atoms with van der Waals surface area (Å²) in [6, 6.07) is 2.28. The second kappa shape index (κ2) is 6.31. The summed E-state index contributed by atoms with van der Waals surface area (Å²) in [6.07, 6.45) is 4.63. The molecule has 0 atom stereocenters. The number of amides is 1. The number of carbonyl (C=O) groups is 1. The monoisotopic (exact) mass is 293 g/mol. The maximum atomic E-state index is 12.0. The molecule has 0 unspecified atom stereocenters. The largest absolute Gasteiger partial charge is 0.437 e. The lowest BCUT2D eigenvalue weighted by Crippen LogP contribution is -2.49. The van der Waals surface area contributed by atoms with E-state index in [1.807, 2.05) is 13.8 Å². The lowest BCUT2D eigenvalue weighted by molar-refractivity contribution is -0.120. The average molecular weight is 293 g/mol. The van der Waals surface area contributed by atoms with Crippen LogP contribution < -0.4 is 5.32 Å². The molecule has 1 N–H and O–H groups in total. The van der Waals surface area contributed by atoms with E-state index in [-0.39, 0.29) is 11.7 Å². The van der Waals surface area contributed by atoms with E-state index in [9.17, 15) is 10.1 Å². The standard InChI is InChI=1S/C14H19N3O2S/c1-10-11(2)19-13(16-10)20-8-12(18)17-14(9-15)6-4-3-5-7-14/h3-8H2,1-2H3,(H,17,18). The van der Waals surface area contributed by atoms with Gasteiger partial charge in [0.2, 0.25) is 5.91 Å². The molecule has 1 amide bonds. The number of hydrogen-bond acceptors (Lipinski definition) is 5. The predicted octanol–water partition coefficient (Wildman–Crippen LogP) is 2.73. The minimum Gasteiger partial charge on any atom is -0.437 e. The fourth-order valence-electron chi connectivity index (χ4n) is 2.36. The molecule has 1 heterocycles. The van der Waals surface area contributed by atoms with Crippen molar-refractivity contribution in [2.75, 3.05) is 5.75 Å². The minimum absolute atomic E-state index is 0.132. The fraction of sp³-hybridized carbons (Fsp3) is 0.643. The van der Waals surface area contributed by atoms with E-state index in [4.69, 9.17) is 4.42 Å². The highest BCUT2D eigenvalue weighted by atomic mass is 32.2. The molecule has 6 heteroatoms. The van der Waals surface area contributed by atoms with Crippen molar-refractivity contribution in [3.05, 3.63) is 11.5 Å². The number of aromatic nitrogens is 1. The Morgan fingerprint density at radius 2 is 2.15 bits per heavy atom. The van der Waals surface area contributed by atoms with E-state index in [2.05, 4.69) is 16.4 Å². The molecule has 1 aromatic rings. The van der Waals surface area contributed by atoms with Crippen molar-refractivity contribution in [3.63, 3.8) is 0 Å². The van der Waals surface area contributed by atoms with Crippen LogP contribution in [-0.2, 0) is 4.79 Å². The molecule has 1 aromatic heterocycles. The summed E-state index contributed by atoms with van der Waals surface area (Å²) < 4.78 is 5.41. The molecule has 5 nitrogen and oxygen atoms in total. The van der Waals surface area contributed by atoms with Crippen LogP contribution in [0.25, 0.3) is 0 Å². The lowest BCUT2D eigenvalue weighted by Gasteiger charge is -2.31. The Morgan fingerprint density at radius 3 is 2.70 bits per heavy atom. The molecule has 108 valence electrons. The highest BCUT2D eigenvalue weighted by molar-refractivity contribution is 7.99. The first-order chi connectivity index (χ1) is 9.54. The van der Waals surface area contributed by atoms with Gasteiger partial charge in [-0.1, -0.05) is 31.0 Å². The third-order valence-electron chi connectivity index (χ3n) is 3.64. The summed E-state index contributed by atoms with van der Waals surface area (Å²) in [5, 5.41) is 12.7. The molecule has 0 aliphatic heterocycles. The van der Waals surface area contributed by atoms with Gasteiger partial charge in [0, 0.05) is 0 Å². The number of nitrogens with zero attached hydrogens (tertiary/aromatic N) is 2.